The molecule has 0 heterocycles. The van der Waals surface area contributed by atoms with Gasteiger partial charge in [-0.3, -0.25) is 4.79 Å². The smallest absolute Gasteiger partial charge is 0.303 e. The molecule has 0 aromatic heterocycles. The molecule has 0 spiro atoms. The molecule has 5 atom stereocenters. The van der Waals surface area contributed by atoms with Crippen LogP contribution in [0.1, 0.15) is 104 Å². The summed E-state index contributed by atoms with van der Waals surface area (Å²) in [5, 5.41) is 40.4. The van der Waals surface area contributed by atoms with Crippen molar-refractivity contribution in [3.63, 3.8) is 0 Å². The van der Waals surface area contributed by atoms with Gasteiger partial charge in [0.15, 0.2) is 0 Å². The molecule has 1 rings (SSSR count). The average Bonchev–Trinajstić information content (AvgIpc) is 2.87. The minimum Gasteiger partial charge on any atom is -0.481 e. The molecule has 5 unspecified atom stereocenters. The van der Waals surface area contributed by atoms with Gasteiger partial charge < -0.3 is 20.4 Å². The maximum Gasteiger partial charge on any atom is 0.303 e. The third-order valence-corrected chi connectivity index (χ3v) is 6.48. The zero-order valence-electron chi connectivity index (χ0n) is 18.3. The van der Waals surface area contributed by atoms with Crippen LogP contribution in [0.5, 0.6) is 0 Å². The van der Waals surface area contributed by atoms with Gasteiger partial charge in [-0.25, -0.2) is 0 Å². The Labute approximate surface area is 171 Å². The molecule has 1 fully saturated rings. The van der Waals surface area contributed by atoms with E-state index in [-0.39, 0.29) is 23.7 Å². The number of unbranched alkanes of at least 4 members (excludes halogenated alkanes) is 6. The van der Waals surface area contributed by atoms with Crippen molar-refractivity contribution in [1.29, 1.82) is 0 Å². The maximum absolute atomic E-state index is 10.9. The van der Waals surface area contributed by atoms with E-state index in [0.29, 0.717) is 12.8 Å². The summed E-state index contributed by atoms with van der Waals surface area (Å²) in [4.78, 5) is 10.9. The van der Waals surface area contributed by atoms with Gasteiger partial charge in [0.25, 0.3) is 0 Å². The molecular formula is C23H44O5. The van der Waals surface area contributed by atoms with Crippen molar-refractivity contribution in [2.45, 2.75) is 123 Å². The monoisotopic (exact) mass is 400 g/mol. The first-order valence-corrected chi connectivity index (χ1v) is 11.4. The molecule has 166 valence electrons. The van der Waals surface area contributed by atoms with Crippen LogP contribution in [0.4, 0.5) is 0 Å². The molecule has 0 aromatic rings. The van der Waals surface area contributed by atoms with Crippen LogP contribution in [-0.2, 0) is 4.79 Å². The lowest BCUT2D eigenvalue weighted by Crippen LogP contribution is -2.33. The van der Waals surface area contributed by atoms with Gasteiger partial charge in [0.2, 0.25) is 0 Å². The van der Waals surface area contributed by atoms with Crippen LogP contribution in [0.25, 0.3) is 0 Å². The molecule has 0 amide bonds. The van der Waals surface area contributed by atoms with Crippen molar-refractivity contribution in [1.82, 2.24) is 0 Å². The summed E-state index contributed by atoms with van der Waals surface area (Å²) in [5.74, 6) is -1.07. The molecule has 0 bridgehead atoms. The fourth-order valence-corrected chi connectivity index (χ4v) is 4.86. The highest BCUT2D eigenvalue weighted by molar-refractivity contribution is 5.67. The summed E-state index contributed by atoms with van der Waals surface area (Å²) in [5.41, 5.74) is -0.226. The second-order valence-electron chi connectivity index (χ2n) is 9.72. The standard InChI is InChI=1S/C23H44O5/c1-4-5-6-7-8-9-13-18(24)22-17(19(25)15-20(22)26)12-10-11-14-23(2,3)16-21(27)28/h17-20,22,24-26H,4-16H2,1-3H3,(H,27,28). The second-order valence-corrected chi connectivity index (χ2v) is 9.72. The van der Waals surface area contributed by atoms with Crippen molar-refractivity contribution in [2.24, 2.45) is 17.3 Å². The number of hydrogen-bond acceptors (Lipinski definition) is 4. The fraction of sp³-hybridized carbons (Fsp3) is 0.957. The largest absolute Gasteiger partial charge is 0.481 e. The summed E-state index contributed by atoms with van der Waals surface area (Å²) in [6.07, 6.45) is 9.92. The average molecular weight is 401 g/mol. The molecule has 0 aromatic carbocycles. The predicted octanol–water partition coefficient (Wildman–Crippen LogP) is 4.52. The van der Waals surface area contributed by atoms with Gasteiger partial charge in [0.1, 0.15) is 0 Å². The van der Waals surface area contributed by atoms with Gasteiger partial charge >= 0.3 is 5.97 Å². The van der Waals surface area contributed by atoms with E-state index < -0.39 is 24.3 Å². The third-order valence-electron chi connectivity index (χ3n) is 6.48. The number of carboxylic acids is 1. The Bertz CT molecular complexity index is 437. The highest BCUT2D eigenvalue weighted by atomic mass is 16.4. The van der Waals surface area contributed by atoms with E-state index >= 15 is 0 Å². The van der Waals surface area contributed by atoms with Crippen LogP contribution in [0.2, 0.25) is 0 Å². The summed E-state index contributed by atoms with van der Waals surface area (Å²) in [7, 11) is 0. The number of rotatable bonds is 15. The third kappa shape index (κ3) is 9.23. The first-order chi connectivity index (χ1) is 13.2. The quantitative estimate of drug-likeness (QED) is 0.303. The number of aliphatic hydroxyl groups excluding tert-OH is 3. The Morgan fingerprint density at radius 3 is 2.29 bits per heavy atom. The molecule has 28 heavy (non-hydrogen) atoms. The molecular weight excluding hydrogens is 356 g/mol. The van der Waals surface area contributed by atoms with Crippen LogP contribution in [0, 0.1) is 17.3 Å². The van der Waals surface area contributed by atoms with Crippen LogP contribution in [0.3, 0.4) is 0 Å². The molecule has 1 saturated carbocycles. The highest BCUT2D eigenvalue weighted by Gasteiger charge is 2.44. The minimum absolute atomic E-state index is 0.0623. The molecule has 0 radical (unpaired) electrons. The second kappa shape index (κ2) is 12.8. The van der Waals surface area contributed by atoms with E-state index in [1.54, 1.807) is 0 Å². The number of hydrogen-bond donors (Lipinski definition) is 4. The molecule has 1 aliphatic carbocycles. The van der Waals surface area contributed by atoms with E-state index in [0.717, 1.165) is 38.5 Å². The molecule has 1 aliphatic rings. The fourth-order valence-electron chi connectivity index (χ4n) is 4.86. The van der Waals surface area contributed by atoms with E-state index in [4.69, 9.17) is 5.11 Å². The lowest BCUT2D eigenvalue weighted by molar-refractivity contribution is -0.139. The number of aliphatic carboxylic acids is 1. The molecule has 0 saturated heterocycles. The van der Waals surface area contributed by atoms with E-state index in [9.17, 15) is 20.1 Å². The predicted molar refractivity (Wildman–Crippen MR) is 112 cm³/mol. The van der Waals surface area contributed by atoms with Crippen molar-refractivity contribution in [3.8, 4) is 0 Å². The summed E-state index contributed by atoms with van der Waals surface area (Å²) in [6.45, 7) is 6.15. The van der Waals surface area contributed by atoms with Gasteiger partial charge in [-0.05, 0) is 37.0 Å². The normalized spacial score (nSPS) is 26.5. The Balaban J connectivity index is 2.40. The van der Waals surface area contributed by atoms with E-state index in [1.165, 1.54) is 25.7 Å². The van der Waals surface area contributed by atoms with Crippen molar-refractivity contribution >= 4 is 5.97 Å². The van der Waals surface area contributed by atoms with Crippen molar-refractivity contribution < 1.29 is 25.2 Å². The van der Waals surface area contributed by atoms with Crippen molar-refractivity contribution in [3.05, 3.63) is 0 Å². The maximum atomic E-state index is 10.9. The van der Waals surface area contributed by atoms with Crippen LogP contribution >= 0.6 is 0 Å². The van der Waals surface area contributed by atoms with Crippen LogP contribution in [0.15, 0.2) is 0 Å². The van der Waals surface area contributed by atoms with Gasteiger partial charge in [0, 0.05) is 5.92 Å². The van der Waals surface area contributed by atoms with Gasteiger partial charge in [-0.1, -0.05) is 72.1 Å². The Morgan fingerprint density at radius 2 is 1.64 bits per heavy atom. The zero-order valence-corrected chi connectivity index (χ0v) is 18.3. The van der Waals surface area contributed by atoms with Gasteiger partial charge in [0.05, 0.1) is 24.7 Å². The first-order valence-electron chi connectivity index (χ1n) is 11.4. The van der Waals surface area contributed by atoms with Gasteiger partial charge in [-0.2, -0.15) is 0 Å². The van der Waals surface area contributed by atoms with Gasteiger partial charge in [-0.15, -0.1) is 0 Å². The molecule has 5 heteroatoms. The molecule has 0 aliphatic heterocycles. The lowest BCUT2D eigenvalue weighted by Gasteiger charge is -2.29. The summed E-state index contributed by atoms with van der Waals surface area (Å²) in [6, 6.07) is 0. The van der Waals surface area contributed by atoms with E-state index in [2.05, 4.69) is 6.92 Å². The first kappa shape index (κ1) is 25.4. The number of carbonyl (C=O) groups is 1. The minimum atomic E-state index is -0.766. The zero-order chi connectivity index (χ0) is 21.2. The number of aliphatic hydroxyl groups is 3. The van der Waals surface area contributed by atoms with Crippen LogP contribution < -0.4 is 0 Å². The Morgan fingerprint density at radius 1 is 1.00 bits per heavy atom. The topological polar surface area (TPSA) is 98.0 Å². The summed E-state index contributed by atoms with van der Waals surface area (Å²) < 4.78 is 0. The summed E-state index contributed by atoms with van der Waals surface area (Å²) >= 11 is 0. The van der Waals surface area contributed by atoms with Crippen molar-refractivity contribution in [2.75, 3.05) is 0 Å². The Kier molecular flexibility index (Phi) is 11.6. The van der Waals surface area contributed by atoms with E-state index in [1.807, 2.05) is 13.8 Å². The molecule has 5 nitrogen and oxygen atoms in total. The highest BCUT2D eigenvalue weighted by Crippen LogP contribution is 2.40. The van der Waals surface area contributed by atoms with Crippen LogP contribution in [-0.4, -0.2) is 44.7 Å². The SMILES string of the molecule is CCCCCCCCC(O)C1C(O)CC(O)C1CCCCC(C)(C)CC(=O)O. The lowest BCUT2D eigenvalue weighted by atomic mass is 9.80. The number of carboxylic acid groups (broad SMARTS) is 1. The molecule has 4 N–H and O–H groups in total. The Hall–Kier alpha value is -0.650.